The number of nitrogens with zero attached hydrogens (tertiary/aromatic N) is 2. The van der Waals surface area contributed by atoms with Gasteiger partial charge in [0, 0.05) is 16.0 Å². The molecule has 0 radical (unpaired) electrons. The topological polar surface area (TPSA) is 91.8 Å². The summed E-state index contributed by atoms with van der Waals surface area (Å²) in [7, 11) is 0. The predicted molar refractivity (Wildman–Crippen MR) is 130 cm³/mol. The summed E-state index contributed by atoms with van der Waals surface area (Å²) in [5.41, 5.74) is 9.72. The van der Waals surface area contributed by atoms with Gasteiger partial charge in [0.25, 0.3) is 5.91 Å². The van der Waals surface area contributed by atoms with Crippen LogP contribution in [0.5, 0.6) is 0 Å². The molecule has 3 heterocycles. The number of aromatic nitrogens is 1. The van der Waals surface area contributed by atoms with E-state index in [1.807, 2.05) is 12.1 Å². The third kappa shape index (κ3) is 4.07. The lowest BCUT2D eigenvalue weighted by Crippen LogP contribution is -2.26. The number of nitrogens with two attached hydrogens (primary N) is 1. The summed E-state index contributed by atoms with van der Waals surface area (Å²) in [5.74, 6) is 0.315. The summed E-state index contributed by atoms with van der Waals surface area (Å²) in [6.07, 6.45) is 4.84. The summed E-state index contributed by atoms with van der Waals surface area (Å²) in [4.78, 5) is 20.2. The average molecular weight is 453 g/mol. The molecule has 3 aromatic rings. The Morgan fingerprint density at radius 1 is 1.35 bits per heavy atom. The average Bonchev–Trinajstić information content (AvgIpc) is 3.23. The SMILES string of the molecule is CCCc1ccc2c(N)c(C(=O)Nc3sc4c(c3C#N)CCC(C(C)(C)C)C4)sc2n1. The number of pyridine rings is 1. The van der Waals surface area contributed by atoms with Crippen LogP contribution in [-0.4, -0.2) is 10.9 Å². The van der Waals surface area contributed by atoms with Gasteiger partial charge in [-0.05, 0) is 54.7 Å². The molecular formula is C24H28N4OS2. The van der Waals surface area contributed by atoms with Crippen LogP contribution in [0.1, 0.15) is 71.9 Å². The number of nitriles is 1. The van der Waals surface area contributed by atoms with E-state index in [1.165, 1.54) is 16.2 Å². The Morgan fingerprint density at radius 3 is 2.81 bits per heavy atom. The molecule has 3 N–H and O–H groups in total. The quantitative estimate of drug-likeness (QED) is 0.495. The van der Waals surface area contributed by atoms with Crippen molar-refractivity contribution in [2.75, 3.05) is 11.1 Å². The Labute approximate surface area is 191 Å². The molecule has 162 valence electrons. The van der Waals surface area contributed by atoms with Crippen LogP contribution < -0.4 is 11.1 Å². The molecule has 1 aliphatic rings. The van der Waals surface area contributed by atoms with E-state index >= 15 is 0 Å². The van der Waals surface area contributed by atoms with Crippen LogP contribution in [0.4, 0.5) is 10.7 Å². The van der Waals surface area contributed by atoms with Gasteiger partial charge in [-0.3, -0.25) is 4.79 Å². The second-order valence-electron chi connectivity index (χ2n) is 9.33. The van der Waals surface area contributed by atoms with Crippen molar-refractivity contribution in [2.24, 2.45) is 11.3 Å². The zero-order valence-electron chi connectivity index (χ0n) is 18.5. The molecule has 1 amide bonds. The molecule has 0 bridgehead atoms. The number of fused-ring (bicyclic) bond motifs is 2. The van der Waals surface area contributed by atoms with Crippen LogP contribution in [0.25, 0.3) is 10.2 Å². The number of nitrogens with one attached hydrogen (secondary N) is 1. The zero-order valence-corrected chi connectivity index (χ0v) is 20.1. The van der Waals surface area contributed by atoms with Gasteiger partial charge in [0.2, 0.25) is 0 Å². The number of anilines is 2. The fraction of sp³-hybridized carbons (Fsp3) is 0.458. The number of carbonyl (C=O) groups is 1. The summed E-state index contributed by atoms with van der Waals surface area (Å²) in [5, 5.41) is 14.2. The van der Waals surface area contributed by atoms with Crippen molar-refractivity contribution >= 4 is 49.5 Å². The van der Waals surface area contributed by atoms with Gasteiger partial charge in [-0.15, -0.1) is 22.7 Å². The van der Waals surface area contributed by atoms with Gasteiger partial charge in [-0.2, -0.15) is 5.26 Å². The minimum atomic E-state index is -0.264. The highest BCUT2D eigenvalue weighted by Gasteiger charge is 2.32. The second-order valence-corrected chi connectivity index (χ2v) is 11.4. The molecule has 4 rings (SSSR count). The van der Waals surface area contributed by atoms with E-state index in [-0.39, 0.29) is 11.3 Å². The van der Waals surface area contributed by atoms with Crippen molar-refractivity contribution in [3.05, 3.63) is 38.7 Å². The Hall–Kier alpha value is -2.43. The lowest BCUT2D eigenvalue weighted by Gasteiger charge is -2.33. The Balaban J connectivity index is 1.63. The van der Waals surface area contributed by atoms with Gasteiger partial charge >= 0.3 is 0 Å². The number of nitrogen functional groups attached to an aromatic ring is 1. The van der Waals surface area contributed by atoms with Crippen molar-refractivity contribution in [3.8, 4) is 6.07 Å². The molecule has 0 saturated heterocycles. The standard InChI is InChI=1S/C24H28N4OS2/c1-5-6-14-8-10-16-19(26)20(31-22(16)27-14)21(29)28-23-17(12-25)15-9-7-13(24(2,3)4)11-18(15)30-23/h8,10,13H,5-7,9,11,26H2,1-4H3,(H,28,29). The Kier molecular flexibility index (Phi) is 5.80. The number of thiophene rings is 2. The van der Waals surface area contributed by atoms with Crippen LogP contribution in [0.2, 0.25) is 0 Å². The van der Waals surface area contributed by atoms with Gasteiger partial charge in [-0.1, -0.05) is 34.1 Å². The first-order chi connectivity index (χ1) is 14.7. The molecular weight excluding hydrogens is 424 g/mol. The first kappa shape index (κ1) is 21.8. The molecule has 7 heteroatoms. The minimum Gasteiger partial charge on any atom is -0.397 e. The lowest BCUT2D eigenvalue weighted by atomic mass is 9.72. The molecule has 0 aliphatic heterocycles. The largest absolute Gasteiger partial charge is 0.397 e. The molecule has 1 unspecified atom stereocenters. The van der Waals surface area contributed by atoms with E-state index in [2.05, 4.69) is 44.1 Å². The van der Waals surface area contributed by atoms with Crippen molar-refractivity contribution < 1.29 is 4.79 Å². The van der Waals surface area contributed by atoms with E-state index in [4.69, 9.17) is 5.73 Å². The molecule has 1 aliphatic carbocycles. The highest BCUT2D eigenvalue weighted by molar-refractivity contribution is 7.21. The number of rotatable bonds is 4. The maximum absolute atomic E-state index is 13.1. The molecule has 0 spiro atoms. The number of amides is 1. The fourth-order valence-electron chi connectivity index (χ4n) is 4.29. The molecule has 31 heavy (non-hydrogen) atoms. The lowest BCUT2D eigenvalue weighted by molar-refractivity contribution is 0.103. The van der Waals surface area contributed by atoms with Crippen molar-refractivity contribution in [1.82, 2.24) is 4.98 Å². The molecule has 0 fully saturated rings. The van der Waals surface area contributed by atoms with Crippen LogP contribution in [0, 0.1) is 22.7 Å². The normalized spacial score (nSPS) is 16.2. The van der Waals surface area contributed by atoms with Crippen molar-refractivity contribution in [1.29, 1.82) is 5.26 Å². The van der Waals surface area contributed by atoms with Gasteiger partial charge < -0.3 is 11.1 Å². The van der Waals surface area contributed by atoms with E-state index in [1.54, 1.807) is 11.3 Å². The van der Waals surface area contributed by atoms with Crippen LogP contribution >= 0.6 is 22.7 Å². The monoisotopic (exact) mass is 452 g/mol. The summed E-state index contributed by atoms with van der Waals surface area (Å²) in [6.45, 7) is 8.93. The summed E-state index contributed by atoms with van der Waals surface area (Å²) >= 11 is 2.86. The highest BCUT2D eigenvalue weighted by atomic mass is 32.1. The number of carbonyl (C=O) groups excluding carboxylic acids is 1. The first-order valence-corrected chi connectivity index (χ1v) is 12.4. The summed E-state index contributed by atoms with van der Waals surface area (Å²) in [6, 6.07) is 6.26. The number of hydrogen-bond donors (Lipinski definition) is 2. The Morgan fingerprint density at radius 2 is 2.13 bits per heavy atom. The third-order valence-corrected chi connectivity index (χ3v) is 8.48. The van der Waals surface area contributed by atoms with E-state index in [0.717, 1.165) is 53.6 Å². The maximum atomic E-state index is 13.1. The van der Waals surface area contributed by atoms with Gasteiger partial charge in [0.15, 0.2) is 0 Å². The molecule has 0 aromatic carbocycles. The van der Waals surface area contributed by atoms with Gasteiger partial charge in [0.05, 0.1) is 11.3 Å². The van der Waals surface area contributed by atoms with Gasteiger partial charge in [-0.25, -0.2) is 4.98 Å². The predicted octanol–water partition coefficient (Wildman–Crippen LogP) is 6.17. The minimum absolute atomic E-state index is 0.229. The molecule has 5 nitrogen and oxygen atoms in total. The third-order valence-electron chi connectivity index (χ3n) is 6.19. The first-order valence-electron chi connectivity index (χ1n) is 10.8. The molecule has 1 atom stereocenters. The van der Waals surface area contributed by atoms with Crippen LogP contribution in [0.3, 0.4) is 0 Å². The van der Waals surface area contributed by atoms with Crippen LogP contribution in [-0.2, 0) is 19.3 Å². The van der Waals surface area contributed by atoms with Crippen molar-refractivity contribution in [2.45, 2.75) is 59.8 Å². The second kappa shape index (κ2) is 8.25. The number of hydrogen-bond acceptors (Lipinski definition) is 6. The molecule has 3 aromatic heterocycles. The van der Waals surface area contributed by atoms with Crippen LogP contribution in [0.15, 0.2) is 12.1 Å². The number of aryl methyl sites for hydroxylation is 1. The maximum Gasteiger partial charge on any atom is 0.268 e. The molecule has 0 saturated carbocycles. The Bertz CT molecular complexity index is 1190. The highest BCUT2D eigenvalue weighted by Crippen LogP contribution is 2.44. The van der Waals surface area contributed by atoms with E-state index < -0.39 is 0 Å². The van der Waals surface area contributed by atoms with Gasteiger partial charge in [0.1, 0.15) is 20.8 Å². The van der Waals surface area contributed by atoms with E-state index in [0.29, 0.717) is 27.0 Å². The van der Waals surface area contributed by atoms with Crippen molar-refractivity contribution in [3.63, 3.8) is 0 Å². The zero-order chi connectivity index (χ0) is 22.3. The van der Waals surface area contributed by atoms with E-state index in [9.17, 15) is 10.1 Å². The summed E-state index contributed by atoms with van der Waals surface area (Å²) < 4.78 is 0. The smallest absolute Gasteiger partial charge is 0.268 e. The fourth-order valence-corrected chi connectivity index (χ4v) is 6.57.